The van der Waals surface area contributed by atoms with Crippen molar-refractivity contribution in [1.29, 1.82) is 0 Å². The molecule has 0 spiro atoms. The maximum atomic E-state index is 13.2. The molecule has 18 heavy (non-hydrogen) atoms. The van der Waals surface area contributed by atoms with E-state index in [1.807, 2.05) is 30.3 Å². The number of nitrogens with one attached hydrogen (secondary N) is 1. The van der Waals surface area contributed by atoms with Crippen LogP contribution in [-0.2, 0) is 0 Å². The Morgan fingerprint density at radius 3 is 2.56 bits per heavy atom. The van der Waals surface area contributed by atoms with Crippen LogP contribution in [0.1, 0.15) is 5.56 Å². The van der Waals surface area contributed by atoms with E-state index in [1.165, 1.54) is 0 Å². The highest BCUT2D eigenvalue weighted by atomic mass is 19.1. The van der Waals surface area contributed by atoms with Crippen LogP contribution in [0.25, 0.3) is 0 Å². The molecule has 0 heterocycles. The predicted molar refractivity (Wildman–Crippen MR) is 68.2 cm³/mol. The number of hydrogen-bond acceptors (Lipinski definition) is 1. The van der Waals surface area contributed by atoms with Crippen LogP contribution in [0, 0.1) is 23.5 Å². The normalized spacial score (nSPS) is 9.44. The van der Waals surface area contributed by atoms with Crippen LogP contribution in [0.15, 0.2) is 48.5 Å². The standard InChI is InChI=1S/C15H11F2N/c16-13-8-9-14(17)15(11-13)18-10-4-7-12-5-2-1-3-6-12/h1-3,5-6,8-9,11,18H,10H2. The van der Waals surface area contributed by atoms with Gasteiger partial charge in [0.15, 0.2) is 0 Å². The molecule has 0 aliphatic carbocycles. The van der Waals surface area contributed by atoms with Crippen LogP contribution in [0.3, 0.4) is 0 Å². The maximum absolute atomic E-state index is 13.2. The second-order valence-electron chi connectivity index (χ2n) is 3.65. The van der Waals surface area contributed by atoms with Crippen LogP contribution < -0.4 is 5.32 Å². The number of hydrogen-bond donors (Lipinski definition) is 1. The van der Waals surface area contributed by atoms with Crippen LogP contribution in [0.4, 0.5) is 14.5 Å². The molecule has 1 nitrogen and oxygen atoms in total. The van der Waals surface area contributed by atoms with E-state index in [0.717, 1.165) is 23.8 Å². The lowest BCUT2D eigenvalue weighted by atomic mass is 10.2. The van der Waals surface area contributed by atoms with Gasteiger partial charge < -0.3 is 5.32 Å². The molecule has 0 aliphatic rings. The van der Waals surface area contributed by atoms with Gasteiger partial charge in [-0.05, 0) is 30.3 Å². The first-order chi connectivity index (χ1) is 8.75. The summed E-state index contributed by atoms with van der Waals surface area (Å²) in [6.07, 6.45) is 0. The van der Waals surface area contributed by atoms with Crippen LogP contribution in [0.2, 0.25) is 0 Å². The average Bonchev–Trinajstić information content (AvgIpc) is 2.40. The Morgan fingerprint density at radius 1 is 1.00 bits per heavy atom. The first-order valence-electron chi connectivity index (χ1n) is 5.48. The highest BCUT2D eigenvalue weighted by Crippen LogP contribution is 2.14. The quantitative estimate of drug-likeness (QED) is 0.797. The SMILES string of the molecule is Fc1ccc(F)c(NCC#Cc2ccccc2)c1. The minimum atomic E-state index is -0.488. The zero-order chi connectivity index (χ0) is 12.8. The molecule has 1 N–H and O–H groups in total. The van der Waals surface area contributed by atoms with Gasteiger partial charge in [0.05, 0.1) is 12.2 Å². The summed E-state index contributed by atoms with van der Waals surface area (Å²) in [6, 6.07) is 12.7. The molecule has 0 aromatic heterocycles. The number of rotatable bonds is 2. The van der Waals surface area contributed by atoms with Gasteiger partial charge in [0.25, 0.3) is 0 Å². The molecular weight excluding hydrogens is 232 g/mol. The molecule has 0 radical (unpaired) electrons. The van der Waals surface area contributed by atoms with Crippen molar-refractivity contribution >= 4 is 5.69 Å². The summed E-state index contributed by atoms with van der Waals surface area (Å²) in [5.41, 5.74) is 1.01. The minimum absolute atomic E-state index is 0.123. The van der Waals surface area contributed by atoms with Crippen molar-refractivity contribution in [3.63, 3.8) is 0 Å². The van der Waals surface area contributed by atoms with E-state index in [1.54, 1.807) is 0 Å². The lowest BCUT2D eigenvalue weighted by molar-refractivity contribution is 0.603. The molecule has 0 fully saturated rings. The third-order valence-electron chi connectivity index (χ3n) is 2.30. The Balaban J connectivity index is 1.97. The molecule has 0 atom stereocenters. The highest BCUT2D eigenvalue weighted by molar-refractivity contribution is 5.46. The van der Waals surface area contributed by atoms with Gasteiger partial charge in [-0.2, -0.15) is 0 Å². The second kappa shape index (κ2) is 5.83. The van der Waals surface area contributed by atoms with Crippen molar-refractivity contribution in [1.82, 2.24) is 0 Å². The van der Waals surface area contributed by atoms with Crippen LogP contribution in [-0.4, -0.2) is 6.54 Å². The molecule has 0 saturated carbocycles. The fourth-order valence-electron chi connectivity index (χ4n) is 1.44. The van der Waals surface area contributed by atoms with E-state index in [9.17, 15) is 8.78 Å². The van der Waals surface area contributed by atoms with E-state index in [-0.39, 0.29) is 12.2 Å². The molecule has 90 valence electrons. The van der Waals surface area contributed by atoms with Crippen molar-refractivity contribution in [2.45, 2.75) is 0 Å². The van der Waals surface area contributed by atoms with Crippen LogP contribution in [0.5, 0.6) is 0 Å². The Morgan fingerprint density at radius 2 is 1.78 bits per heavy atom. The van der Waals surface area contributed by atoms with E-state index in [2.05, 4.69) is 17.2 Å². The van der Waals surface area contributed by atoms with Crippen molar-refractivity contribution in [3.05, 3.63) is 65.7 Å². The van der Waals surface area contributed by atoms with E-state index >= 15 is 0 Å². The molecule has 0 amide bonds. The molecule has 2 rings (SSSR count). The van der Waals surface area contributed by atoms with Gasteiger partial charge in [-0.15, -0.1) is 0 Å². The predicted octanol–water partition coefficient (Wildman–Crippen LogP) is 3.43. The van der Waals surface area contributed by atoms with Crippen molar-refractivity contribution in [2.75, 3.05) is 11.9 Å². The van der Waals surface area contributed by atoms with Crippen molar-refractivity contribution in [2.24, 2.45) is 0 Å². The van der Waals surface area contributed by atoms with Gasteiger partial charge >= 0.3 is 0 Å². The van der Waals surface area contributed by atoms with Crippen molar-refractivity contribution in [3.8, 4) is 11.8 Å². The van der Waals surface area contributed by atoms with E-state index in [0.29, 0.717) is 0 Å². The molecule has 0 unspecified atom stereocenters. The topological polar surface area (TPSA) is 12.0 Å². The molecule has 0 saturated heterocycles. The van der Waals surface area contributed by atoms with Gasteiger partial charge in [0, 0.05) is 5.56 Å². The molecule has 0 aliphatic heterocycles. The smallest absolute Gasteiger partial charge is 0.146 e. The largest absolute Gasteiger partial charge is 0.372 e. The van der Waals surface area contributed by atoms with Gasteiger partial charge in [-0.25, -0.2) is 8.78 Å². The monoisotopic (exact) mass is 243 g/mol. The third kappa shape index (κ3) is 3.33. The minimum Gasteiger partial charge on any atom is -0.372 e. The van der Waals surface area contributed by atoms with Gasteiger partial charge in [0.1, 0.15) is 11.6 Å². The van der Waals surface area contributed by atoms with Crippen LogP contribution >= 0.6 is 0 Å². The zero-order valence-corrected chi connectivity index (χ0v) is 9.58. The molecule has 3 heteroatoms. The van der Waals surface area contributed by atoms with E-state index in [4.69, 9.17) is 0 Å². The lowest BCUT2D eigenvalue weighted by Crippen LogP contribution is -2.01. The Labute approximate surface area is 104 Å². The molecular formula is C15H11F2N. The Hall–Kier alpha value is -2.34. The van der Waals surface area contributed by atoms with Crippen molar-refractivity contribution < 1.29 is 8.78 Å². The first-order valence-corrected chi connectivity index (χ1v) is 5.48. The summed E-state index contributed by atoms with van der Waals surface area (Å²) in [5, 5.41) is 2.74. The summed E-state index contributed by atoms with van der Waals surface area (Å²) in [7, 11) is 0. The summed E-state index contributed by atoms with van der Waals surface area (Å²) in [4.78, 5) is 0. The molecule has 0 bridgehead atoms. The zero-order valence-electron chi connectivity index (χ0n) is 9.58. The fraction of sp³-hybridized carbons (Fsp3) is 0.0667. The summed E-state index contributed by atoms with van der Waals surface area (Å²) >= 11 is 0. The second-order valence-corrected chi connectivity index (χ2v) is 3.65. The number of anilines is 1. The molecule has 2 aromatic carbocycles. The Bertz CT molecular complexity index is 582. The summed E-state index contributed by atoms with van der Waals surface area (Å²) < 4.78 is 26.1. The fourth-order valence-corrected chi connectivity index (χ4v) is 1.44. The highest BCUT2D eigenvalue weighted by Gasteiger charge is 2.01. The third-order valence-corrected chi connectivity index (χ3v) is 2.30. The average molecular weight is 243 g/mol. The summed E-state index contributed by atoms with van der Waals surface area (Å²) in [6.45, 7) is 0.259. The first kappa shape index (κ1) is 12.1. The molecule has 2 aromatic rings. The van der Waals surface area contributed by atoms with Gasteiger partial charge in [0.2, 0.25) is 0 Å². The Kier molecular flexibility index (Phi) is 3.93. The summed E-state index contributed by atoms with van der Waals surface area (Å²) in [5.74, 6) is 4.80. The maximum Gasteiger partial charge on any atom is 0.146 e. The van der Waals surface area contributed by atoms with E-state index < -0.39 is 11.6 Å². The van der Waals surface area contributed by atoms with Gasteiger partial charge in [-0.3, -0.25) is 0 Å². The number of benzene rings is 2. The number of halogens is 2. The van der Waals surface area contributed by atoms with Gasteiger partial charge in [-0.1, -0.05) is 30.0 Å². The lowest BCUT2D eigenvalue weighted by Gasteiger charge is -2.03.